The summed E-state index contributed by atoms with van der Waals surface area (Å²) in [5, 5.41) is 6.97. The van der Waals surface area contributed by atoms with E-state index < -0.39 is 0 Å². The molecule has 0 amide bonds. The lowest BCUT2D eigenvalue weighted by Gasteiger charge is -2.17. The number of anilines is 1. The van der Waals surface area contributed by atoms with Crippen LogP contribution in [0.5, 0.6) is 0 Å². The van der Waals surface area contributed by atoms with E-state index in [0.717, 1.165) is 31.9 Å². The molecule has 0 aromatic heterocycles. The van der Waals surface area contributed by atoms with Gasteiger partial charge in [0.15, 0.2) is 5.11 Å². The van der Waals surface area contributed by atoms with Gasteiger partial charge in [0.1, 0.15) is 0 Å². The van der Waals surface area contributed by atoms with Crippen molar-refractivity contribution in [3.63, 3.8) is 0 Å². The highest BCUT2D eigenvalue weighted by Crippen LogP contribution is 2.03. The maximum absolute atomic E-state index is 5.21. The molecule has 0 saturated heterocycles. The zero-order valence-corrected chi connectivity index (χ0v) is 11.8. The van der Waals surface area contributed by atoms with Crippen LogP contribution in [0.2, 0.25) is 0 Å². The van der Waals surface area contributed by atoms with Crippen LogP contribution in [0.3, 0.4) is 0 Å². The highest BCUT2D eigenvalue weighted by molar-refractivity contribution is 7.80. The van der Waals surface area contributed by atoms with Gasteiger partial charge in [0.25, 0.3) is 0 Å². The first kappa shape index (κ1) is 14.9. The van der Waals surface area contributed by atoms with Gasteiger partial charge in [-0.25, -0.2) is 0 Å². The van der Waals surface area contributed by atoms with Gasteiger partial charge in [-0.05, 0) is 31.4 Å². The first-order valence-electron chi connectivity index (χ1n) is 5.99. The highest BCUT2D eigenvalue weighted by atomic mass is 32.1. The van der Waals surface area contributed by atoms with Crippen molar-refractivity contribution >= 4 is 23.0 Å². The summed E-state index contributed by atoms with van der Waals surface area (Å²) in [4.78, 5) is 2.20. The molecule has 0 unspecified atom stereocenters. The van der Waals surface area contributed by atoms with Gasteiger partial charge in [0.05, 0.1) is 6.61 Å². The first-order chi connectivity index (χ1) is 8.72. The van der Waals surface area contributed by atoms with Gasteiger partial charge in [-0.3, -0.25) is 0 Å². The zero-order valence-electron chi connectivity index (χ0n) is 11.0. The van der Waals surface area contributed by atoms with E-state index in [2.05, 4.69) is 22.6 Å². The minimum absolute atomic E-state index is 0.654. The third-order valence-corrected chi connectivity index (χ3v) is 2.73. The molecule has 4 nitrogen and oxygen atoms in total. The standard InChI is InChI=1S/C13H21N3OS/c1-16(10-11-17-2)9-8-14-13(18)15-12-6-4-3-5-7-12/h3-7H,8-11H2,1-2H3,(H2,14,15,18). The lowest BCUT2D eigenvalue weighted by atomic mass is 10.3. The average Bonchev–Trinajstić information content (AvgIpc) is 2.37. The zero-order chi connectivity index (χ0) is 13.2. The molecule has 0 heterocycles. The van der Waals surface area contributed by atoms with E-state index in [-0.39, 0.29) is 0 Å². The van der Waals surface area contributed by atoms with Gasteiger partial charge in [0, 0.05) is 32.4 Å². The number of benzene rings is 1. The molecule has 0 saturated carbocycles. The van der Waals surface area contributed by atoms with Gasteiger partial charge in [-0.2, -0.15) is 0 Å². The second kappa shape index (κ2) is 8.85. The van der Waals surface area contributed by atoms with E-state index >= 15 is 0 Å². The van der Waals surface area contributed by atoms with Crippen molar-refractivity contribution in [3.05, 3.63) is 30.3 Å². The second-order valence-electron chi connectivity index (χ2n) is 4.04. The smallest absolute Gasteiger partial charge is 0.170 e. The van der Waals surface area contributed by atoms with Gasteiger partial charge in [-0.1, -0.05) is 18.2 Å². The summed E-state index contributed by atoms with van der Waals surface area (Å²) in [7, 11) is 3.78. The number of likely N-dealkylation sites (N-methyl/N-ethyl adjacent to an activating group) is 1. The van der Waals surface area contributed by atoms with E-state index in [1.807, 2.05) is 30.3 Å². The van der Waals surface area contributed by atoms with Gasteiger partial charge in [0.2, 0.25) is 0 Å². The summed E-state index contributed by atoms with van der Waals surface area (Å²) in [5.41, 5.74) is 1.00. The van der Waals surface area contributed by atoms with Crippen LogP contribution in [0, 0.1) is 0 Å². The molecule has 1 rings (SSSR count). The fourth-order valence-corrected chi connectivity index (χ4v) is 1.64. The van der Waals surface area contributed by atoms with Crippen molar-refractivity contribution in [1.29, 1.82) is 0 Å². The first-order valence-corrected chi connectivity index (χ1v) is 6.40. The van der Waals surface area contributed by atoms with E-state index in [0.29, 0.717) is 5.11 Å². The number of para-hydroxylation sites is 1. The summed E-state index contributed by atoms with van der Waals surface area (Å²) >= 11 is 5.21. The summed E-state index contributed by atoms with van der Waals surface area (Å²) in [6.45, 7) is 3.43. The average molecular weight is 267 g/mol. The van der Waals surface area contributed by atoms with Crippen LogP contribution in [0.25, 0.3) is 0 Å². The minimum atomic E-state index is 0.654. The van der Waals surface area contributed by atoms with Crippen LogP contribution in [0.15, 0.2) is 30.3 Å². The molecule has 5 heteroatoms. The second-order valence-corrected chi connectivity index (χ2v) is 4.45. The molecule has 100 valence electrons. The Hall–Kier alpha value is -1.17. The Morgan fingerprint density at radius 2 is 2.00 bits per heavy atom. The molecular formula is C13H21N3OS. The fraction of sp³-hybridized carbons (Fsp3) is 0.462. The predicted molar refractivity (Wildman–Crippen MR) is 80.0 cm³/mol. The molecule has 0 aliphatic rings. The molecule has 0 radical (unpaired) electrons. The Morgan fingerprint density at radius 3 is 2.67 bits per heavy atom. The lowest BCUT2D eigenvalue weighted by Crippen LogP contribution is -2.36. The van der Waals surface area contributed by atoms with Crippen LogP contribution in [0.1, 0.15) is 0 Å². The Morgan fingerprint density at radius 1 is 1.28 bits per heavy atom. The molecular weight excluding hydrogens is 246 g/mol. The summed E-state index contributed by atoms with van der Waals surface area (Å²) < 4.78 is 5.02. The molecule has 1 aromatic rings. The number of methoxy groups -OCH3 is 1. The Labute approximate surface area is 114 Å². The summed E-state index contributed by atoms with van der Waals surface area (Å²) in [6.07, 6.45) is 0. The predicted octanol–water partition coefficient (Wildman–Crippen LogP) is 1.55. The third kappa shape index (κ3) is 6.54. The normalized spacial score (nSPS) is 10.4. The molecule has 1 aromatic carbocycles. The van der Waals surface area contributed by atoms with Crippen LogP contribution in [-0.2, 0) is 4.74 Å². The van der Waals surface area contributed by atoms with Crippen LogP contribution in [-0.4, -0.2) is 50.4 Å². The maximum atomic E-state index is 5.21. The molecule has 18 heavy (non-hydrogen) atoms. The van der Waals surface area contributed by atoms with Crippen molar-refractivity contribution in [2.45, 2.75) is 0 Å². The van der Waals surface area contributed by atoms with Crippen molar-refractivity contribution < 1.29 is 4.74 Å². The van der Waals surface area contributed by atoms with Crippen LogP contribution < -0.4 is 10.6 Å². The fourth-order valence-electron chi connectivity index (χ4n) is 1.42. The van der Waals surface area contributed by atoms with Gasteiger partial charge in [-0.15, -0.1) is 0 Å². The SMILES string of the molecule is COCCN(C)CCNC(=S)Nc1ccccc1. The topological polar surface area (TPSA) is 36.5 Å². The van der Waals surface area contributed by atoms with Gasteiger partial charge < -0.3 is 20.3 Å². The van der Waals surface area contributed by atoms with Gasteiger partial charge >= 0.3 is 0 Å². The summed E-state index contributed by atoms with van der Waals surface area (Å²) in [5.74, 6) is 0. The van der Waals surface area contributed by atoms with E-state index in [1.54, 1.807) is 7.11 Å². The molecule has 0 aliphatic carbocycles. The molecule has 0 bridgehead atoms. The number of hydrogen-bond acceptors (Lipinski definition) is 3. The minimum Gasteiger partial charge on any atom is -0.383 e. The number of hydrogen-bond donors (Lipinski definition) is 2. The van der Waals surface area contributed by atoms with Crippen molar-refractivity contribution in [1.82, 2.24) is 10.2 Å². The molecule has 0 fully saturated rings. The number of nitrogens with zero attached hydrogens (tertiary/aromatic N) is 1. The largest absolute Gasteiger partial charge is 0.383 e. The molecule has 0 spiro atoms. The monoisotopic (exact) mass is 267 g/mol. The van der Waals surface area contributed by atoms with E-state index in [9.17, 15) is 0 Å². The van der Waals surface area contributed by atoms with Crippen molar-refractivity contribution in [2.24, 2.45) is 0 Å². The highest BCUT2D eigenvalue weighted by Gasteiger charge is 1.99. The summed E-state index contributed by atoms with van der Waals surface area (Å²) in [6, 6.07) is 9.90. The molecule has 2 N–H and O–H groups in total. The number of rotatable bonds is 7. The Balaban J connectivity index is 2.14. The Kier molecular flexibility index (Phi) is 7.32. The maximum Gasteiger partial charge on any atom is 0.170 e. The van der Waals surface area contributed by atoms with Crippen LogP contribution in [0.4, 0.5) is 5.69 Å². The van der Waals surface area contributed by atoms with Crippen LogP contribution >= 0.6 is 12.2 Å². The Bertz CT molecular complexity index is 345. The molecule has 0 atom stereocenters. The van der Waals surface area contributed by atoms with E-state index in [4.69, 9.17) is 17.0 Å². The number of nitrogens with one attached hydrogen (secondary N) is 2. The lowest BCUT2D eigenvalue weighted by molar-refractivity contribution is 0.162. The van der Waals surface area contributed by atoms with Crippen molar-refractivity contribution in [2.75, 3.05) is 45.7 Å². The number of ether oxygens (including phenoxy) is 1. The quantitative estimate of drug-likeness (QED) is 0.733. The van der Waals surface area contributed by atoms with Crippen molar-refractivity contribution in [3.8, 4) is 0 Å². The van der Waals surface area contributed by atoms with E-state index in [1.165, 1.54) is 0 Å². The third-order valence-electron chi connectivity index (χ3n) is 2.49. The molecule has 0 aliphatic heterocycles. The number of thiocarbonyl (C=S) groups is 1.